The van der Waals surface area contributed by atoms with Crippen LogP contribution in [0.3, 0.4) is 0 Å². The zero-order valence-electron chi connectivity index (χ0n) is 16.7. The van der Waals surface area contributed by atoms with E-state index in [9.17, 15) is 9.59 Å². The summed E-state index contributed by atoms with van der Waals surface area (Å²) in [5.74, 6) is -0.315. The summed E-state index contributed by atoms with van der Waals surface area (Å²) in [4.78, 5) is 32.8. The standard InChI is InChI=1S/C22H21N5O2S/c1-15-7-9-27(13-16-5-3-8-23-12-16)22(29)20(15)21(28)26(2)14-17-11-18(25-24-17)19-6-4-10-30-19/h3-12H,13-14H2,1-2H3,(H,24,25). The van der Waals surface area contributed by atoms with Crippen molar-refractivity contribution in [2.24, 2.45) is 0 Å². The maximum absolute atomic E-state index is 13.1. The van der Waals surface area contributed by atoms with Gasteiger partial charge in [-0.1, -0.05) is 12.1 Å². The van der Waals surface area contributed by atoms with E-state index in [1.54, 1.807) is 50.0 Å². The highest BCUT2D eigenvalue weighted by molar-refractivity contribution is 7.13. The van der Waals surface area contributed by atoms with Crippen LogP contribution in [0.2, 0.25) is 0 Å². The molecule has 4 aromatic rings. The number of pyridine rings is 2. The Morgan fingerprint density at radius 1 is 1.27 bits per heavy atom. The van der Waals surface area contributed by atoms with Crippen molar-refractivity contribution in [1.82, 2.24) is 24.6 Å². The lowest BCUT2D eigenvalue weighted by Crippen LogP contribution is -2.35. The maximum atomic E-state index is 13.1. The smallest absolute Gasteiger partial charge is 0.263 e. The van der Waals surface area contributed by atoms with E-state index in [-0.39, 0.29) is 17.0 Å². The number of nitrogens with zero attached hydrogens (tertiary/aromatic N) is 4. The van der Waals surface area contributed by atoms with Gasteiger partial charge in [0.15, 0.2) is 0 Å². The van der Waals surface area contributed by atoms with Crippen molar-refractivity contribution < 1.29 is 4.79 Å². The Kier molecular flexibility index (Phi) is 5.58. The summed E-state index contributed by atoms with van der Waals surface area (Å²) >= 11 is 1.61. The van der Waals surface area contributed by atoms with Gasteiger partial charge in [-0.05, 0) is 47.7 Å². The normalized spacial score (nSPS) is 10.9. The molecule has 8 heteroatoms. The largest absolute Gasteiger partial charge is 0.336 e. The second-order valence-electron chi connectivity index (χ2n) is 7.09. The molecular weight excluding hydrogens is 398 g/mol. The van der Waals surface area contributed by atoms with E-state index in [1.165, 1.54) is 9.47 Å². The van der Waals surface area contributed by atoms with Crippen molar-refractivity contribution >= 4 is 17.2 Å². The van der Waals surface area contributed by atoms with Gasteiger partial charge in [-0.25, -0.2) is 0 Å². The Labute approximate surface area is 177 Å². The molecule has 0 spiro atoms. The number of amides is 1. The van der Waals surface area contributed by atoms with Crippen molar-refractivity contribution in [2.75, 3.05) is 7.05 Å². The monoisotopic (exact) mass is 419 g/mol. The number of carbonyl (C=O) groups excluding carboxylic acids is 1. The van der Waals surface area contributed by atoms with E-state index in [2.05, 4.69) is 15.2 Å². The number of carbonyl (C=O) groups is 1. The molecule has 0 unspecified atom stereocenters. The quantitative estimate of drug-likeness (QED) is 0.520. The molecule has 4 heterocycles. The van der Waals surface area contributed by atoms with E-state index in [1.807, 2.05) is 35.7 Å². The first kappa shape index (κ1) is 19.8. The van der Waals surface area contributed by atoms with Gasteiger partial charge in [-0.2, -0.15) is 5.10 Å². The molecule has 0 fully saturated rings. The van der Waals surface area contributed by atoms with Crippen LogP contribution < -0.4 is 5.56 Å². The lowest BCUT2D eigenvalue weighted by molar-refractivity contribution is 0.0780. The number of H-pyrrole nitrogens is 1. The first-order chi connectivity index (χ1) is 14.5. The SMILES string of the molecule is Cc1ccn(Cc2cccnc2)c(=O)c1C(=O)N(C)Cc1cc(-c2cccs2)n[nH]1. The summed E-state index contributed by atoms with van der Waals surface area (Å²) < 4.78 is 1.54. The molecular formula is C22H21N5O2S. The van der Waals surface area contributed by atoms with Crippen LogP contribution >= 0.6 is 11.3 Å². The van der Waals surface area contributed by atoms with Crippen LogP contribution in [0.15, 0.2) is 65.2 Å². The fraction of sp³-hybridized carbons (Fsp3) is 0.182. The Morgan fingerprint density at radius 2 is 2.13 bits per heavy atom. The van der Waals surface area contributed by atoms with Gasteiger partial charge in [0.2, 0.25) is 0 Å². The minimum atomic E-state index is -0.315. The van der Waals surface area contributed by atoms with Crippen LogP contribution in [0.25, 0.3) is 10.6 Å². The number of aromatic nitrogens is 4. The minimum Gasteiger partial charge on any atom is -0.336 e. The number of hydrogen-bond donors (Lipinski definition) is 1. The molecule has 0 aliphatic carbocycles. The lowest BCUT2D eigenvalue weighted by atomic mass is 10.1. The van der Waals surface area contributed by atoms with Gasteiger partial charge in [-0.15, -0.1) is 11.3 Å². The third kappa shape index (κ3) is 4.08. The highest BCUT2D eigenvalue weighted by atomic mass is 32.1. The molecule has 0 atom stereocenters. The summed E-state index contributed by atoms with van der Waals surface area (Å²) in [7, 11) is 1.69. The van der Waals surface area contributed by atoms with E-state index >= 15 is 0 Å². The van der Waals surface area contributed by atoms with Crippen molar-refractivity contribution in [3.8, 4) is 10.6 Å². The van der Waals surface area contributed by atoms with E-state index in [4.69, 9.17) is 0 Å². The van der Waals surface area contributed by atoms with Gasteiger partial charge in [0.05, 0.1) is 23.7 Å². The third-order valence-corrected chi connectivity index (χ3v) is 5.71. The summed E-state index contributed by atoms with van der Waals surface area (Å²) in [5.41, 5.74) is 3.08. The van der Waals surface area contributed by atoms with E-state index in [0.717, 1.165) is 21.8 Å². The molecule has 0 saturated carbocycles. The Balaban J connectivity index is 1.55. The predicted molar refractivity (Wildman–Crippen MR) is 116 cm³/mol. The van der Waals surface area contributed by atoms with Gasteiger partial charge < -0.3 is 9.47 Å². The first-order valence-corrected chi connectivity index (χ1v) is 10.3. The molecule has 1 amide bonds. The summed E-state index contributed by atoms with van der Waals surface area (Å²) in [6.07, 6.45) is 5.11. The van der Waals surface area contributed by atoms with Crippen LogP contribution in [0.4, 0.5) is 0 Å². The van der Waals surface area contributed by atoms with E-state index < -0.39 is 0 Å². The second-order valence-corrected chi connectivity index (χ2v) is 8.03. The van der Waals surface area contributed by atoms with Crippen LogP contribution in [-0.4, -0.2) is 37.6 Å². The summed E-state index contributed by atoms with van der Waals surface area (Å²) in [6.45, 7) is 2.47. The molecule has 4 rings (SSSR count). The first-order valence-electron chi connectivity index (χ1n) is 9.45. The van der Waals surface area contributed by atoms with Crippen LogP contribution in [0.5, 0.6) is 0 Å². The molecule has 30 heavy (non-hydrogen) atoms. The lowest BCUT2D eigenvalue weighted by Gasteiger charge is -2.18. The number of nitrogens with one attached hydrogen (secondary N) is 1. The highest BCUT2D eigenvalue weighted by Gasteiger charge is 2.20. The molecule has 0 bridgehead atoms. The molecule has 0 aromatic carbocycles. The van der Waals surface area contributed by atoms with Gasteiger partial charge in [0.1, 0.15) is 11.3 Å². The van der Waals surface area contributed by atoms with Crippen LogP contribution in [-0.2, 0) is 13.1 Å². The number of aryl methyl sites for hydroxylation is 1. The third-order valence-electron chi connectivity index (χ3n) is 4.82. The van der Waals surface area contributed by atoms with Gasteiger partial charge in [0.25, 0.3) is 11.5 Å². The number of rotatable bonds is 6. The van der Waals surface area contributed by atoms with Gasteiger partial charge in [0, 0.05) is 25.6 Å². The number of hydrogen-bond acceptors (Lipinski definition) is 5. The molecule has 152 valence electrons. The zero-order valence-corrected chi connectivity index (χ0v) is 17.5. The second kappa shape index (κ2) is 8.46. The molecule has 0 radical (unpaired) electrons. The maximum Gasteiger partial charge on any atom is 0.263 e. The molecule has 0 aliphatic heterocycles. The number of aromatic amines is 1. The minimum absolute atomic E-state index is 0.182. The summed E-state index contributed by atoms with van der Waals surface area (Å²) in [6, 6.07) is 11.4. The molecule has 4 aromatic heterocycles. The molecule has 1 N–H and O–H groups in total. The van der Waals surface area contributed by atoms with Crippen molar-refractivity contribution in [1.29, 1.82) is 0 Å². The molecule has 0 saturated heterocycles. The van der Waals surface area contributed by atoms with Gasteiger partial charge in [-0.3, -0.25) is 19.7 Å². The zero-order chi connectivity index (χ0) is 21.1. The fourth-order valence-corrected chi connectivity index (χ4v) is 3.94. The van der Waals surface area contributed by atoms with E-state index in [0.29, 0.717) is 18.7 Å². The molecule has 7 nitrogen and oxygen atoms in total. The van der Waals surface area contributed by atoms with Crippen LogP contribution in [0, 0.1) is 6.92 Å². The highest BCUT2D eigenvalue weighted by Crippen LogP contribution is 2.23. The summed E-state index contributed by atoms with van der Waals surface area (Å²) in [5, 5.41) is 9.29. The van der Waals surface area contributed by atoms with Crippen molar-refractivity contribution in [3.05, 3.63) is 93.1 Å². The Hall–Kier alpha value is -3.52. The Bertz CT molecular complexity index is 1210. The average Bonchev–Trinajstić information content (AvgIpc) is 3.43. The fourth-order valence-electron chi connectivity index (χ4n) is 3.25. The van der Waals surface area contributed by atoms with Gasteiger partial charge >= 0.3 is 0 Å². The van der Waals surface area contributed by atoms with Crippen LogP contribution in [0.1, 0.15) is 27.2 Å². The topological polar surface area (TPSA) is 83.9 Å². The predicted octanol–water partition coefficient (Wildman–Crippen LogP) is 3.32. The Morgan fingerprint density at radius 3 is 2.87 bits per heavy atom. The van der Waals surface area contributed by atoms with Crippen molar-refractivity contribution in [2.45, 2.75) is 20.0 Å². The van der Waals surface area contributed by atoms with Crippen molar-refractivity contribution in [3.63, 3.8) is 0 Å². The number of thiophene rings is 1. The molecule has 0 aliphatic rings. The average molecular weight is 420 g/mol.